The largest absolute Gasteiger partial charge is 1.00 e. The van der Waals surface area contributed by atoms with Crippen LogP contribution in [0.4, 0.5) is 0 Å². The van der Waals surface area contributed by atoms with Gasteiger partial charge in [-0.15, -0.1) is 0 Å². The second kappa shape index (κ2) is 23.4. The van der Waals surface area contributed by atoms with Crippen LogP contribution in [0.15, 0.2) is 122 Å². The molecule has 0 fully saturated rings. The third-order valence-electron chi connectivity index (χ3n) is 3.00. The van der Waals surface area contributed by atoms with Gasteiger partial charge in [0, 0.05) is 0 Å². The van der Waals surface area contributed by atoms with Crippen molar-refractivity contribution >= 4 is 10.4 Å². The normalized spacial score (nSPS) is 14.1. The number of unbranched alkanes of at least 4 members (excludes halogenated alkanes) is 2. The Kier molecular flexibility index (Phi) is 23.6. The first kappa shape index (κ1) is 30.3. The first-order valence-corrected chi connectivity index (χ1v) is 10.7. The van der Waals surface area contributed by atoms with E-state index in [1.807, 2.05) is 72.9 Å². The summed E-state index contributed by atoms with van der Waals surface area (Å²) in [6, 6.07) is 0. The molecule has 156 valence electrons. The molecule has 0 aliphatic heterocycles. The van der Waals surface area contributed by atoms with E-state index in [0.717, 1.165) is 12.7 Å². The van der Waals surface area contributed by atoms with Gasteiger partial charge in [0.15, 0.2) is 0 Å². The third kappa shape index (κ3) is 28.3. The van der Waals surface area contributed by atoms with Gasteiger partial charge in [0.1, 0.15) is 6.26 Å². The summed E-state index contributed by atoms with van der Waals surface area (Å²) in [6.45, 7) is 2.19. The molecule has 0 atom stereocenters. The van der Waals surface area contributed by atoms with Gasteiger partial charge in [-0.25, -0.2) is 8.42 Å². The molecule has 0 aromatic carbocycles. The Hall–Kier alpha value is -1.89. The molecule has 0 aromatic heterocycles. The van der Waals surface area contributed by atoms with Crippen molar-refractivity contribution in [3.63, 3.8) is 0 Å². The molecule has 0 N–H and O–H groups in total. The molecule has 0 bridgehead atoms. The first-order valence-electron chi connectivity index (χ1n) is 9.35. The molecule has 0 aliphatic rings. The predicted molar refractivity (Wildman–Crippen MR) is 122 cm³/mol. The van der Waals surface area contributed by atoms with Gasteiger partial charge in [-0.1, -0.05) is 129 Å². The zero-order valence-electron chi connectivity index (χ0n) is 17.7. The van der Waals surface area contributed by atoms with Crippen molar-refractivity contribution in [2.24, 2.45) is 0 Å². The summed E-state index contributed by atoms with van der Waals surface area (Å²) in [6.07, 6.45) is 40.1. The fraction of sp³-hybridized carbons (Fsp3) is 0.167. The van der Waals surface area contributed by atoms with Crippen LogP contribution in [0.5, 0.6) is 0 Å². The van der Waals surface area contributed by atoms with Crippen LogP contribution in [0, 0.1) is 0 Å². The average molecular weight is 437 g/mol. The molecular weight excluding hydrogens is 407 g/mol. The van der Waals surface area contributed by atoms with Gasteiger partial charge in [0.25, 0.3) is 10.4 Å². The Labute approximate surface area is 204 Å². The molecule has 0 heterocycles. The minimum absolute atomic E-state index is 0. The molecule has 0 radical (unpaired) electrons. The van der Waals surface area contributed by atoms with Gasteiger partial charge in [-0.05, 0) is 12.5 Å². The van der Waals surface area contributed by atoms with Crippen molar-refractivity contribution in [2.75, 3.05) is 0 Å². The molecule has 0 spiro atoms. The van der Waals surface area contributed by atoms with E-state index in [0.29, 0.717) is 0 Å². The monoisotopic (exact) mass is 436 g/mol. The topological polar surface area (TPSA) is 66.4 Å². The summed E-state index contributed by atoms with van der Waals surface area (Å²) >= 11 is 0. The zero-order valence-corrected chi connectivity index (χ0v) is 20.5. The maximum absolute atomic E-state index is 10.1. The Balaban J connectivity index is 0. The second-order valence-corrected chi connectivity index (χ2v) is 6.49. The van der Waals surface area contributed by atoms with Crippen LogP contribution >= 0.6 is 0 Å². The molecule has 0 aliphatic carbocycles. The van der Waals surface area contributed by atoms with Crippen LogP contribution in [0.25, 0.3) is 0 Å². The number of allylic oxidation sites excluding steroid dienone is 19. The number of hydrogen-bond donors (Lipinski definition) is 0. The Bertz CT molecular complexity index is 806. The fourth-order valence-corrected chi connectivity index (χ4v) is 1.87. The summed E-state index contributed by atoms with van der Waals surface area (Å²) in [7, 11) is -4.68. The van der Waals surface area contributed by atoms with Crippen LogP contribution in [-0.4, -0.2) is 13.0 Å². The SMILES string of the molecule is CCCCC=CC=CC=CC=CC=CC=CC=CC=CC=CC=COS(=O)(=O)[O-].[Na+]. The maximum Gasteiger partial charge on any atom is 1.00 e. The van der Waals surface area contributed by atoms with Gasteiger partial charge in [-0.3, -0.25) is 0 Å². The molecule has 4 nitrogen and oxygen atoms in total. The van der Waals surface area contributed by atoms with Crippen molar-refractivity contribution in [1.82, 2.24) is 0 Å². The summed E-state index contributed by atoms with van der Waals surface area (Å²) < 4.78 is 34.3. The molecule has 0 rings (SSSR count). The van der Waals surface area contributed by atoms with E-state index in [1.165, 1.54) is 25.0 Å². The smallest absolute Gasteiger partial charge is 0.716 e. The number of rotatable bonds is 14. The Morgan fingerprint density at radius 2 is 0.967 bits per heavy atom. The van der Waals surface area contributed by atoms with Crippen LogP contribution in [0.1, 0.15) is 26.2 Å². The van der Waals surface area contributed by atoms with Crippen molar-refractivity contribution < 1.29 is 46.7 Å². The van der Waals surface area contributed by atoms with Gasteiger partial charge >= 0.3 is 29.6 Å². The van der Waals surface area contributed by atoms with E-state index in [9.17, 15) is 13.0 Å². The molecule has 6 heteroatoms. The molecule has 0 unspecified atom stereocenters. The Morgan fingerprint density at radius 3 is 1.30 bits per heavy atom. The first-order chi connectivity index (χ1) is 14.1. The minimum Gasteiger partial charge on any atom is -0.716 e. The van der Waals surface area contributed by atoms with Crippen LogP contribution < -0.4 is 29.6 Å². The molecule has 0 aromatic rings. The predicted octanol–water partition coefficient (Wildman–Crippen LogP) is 3.18. The van der Waals surface area contributed by atoms with E-state index < -0.39 is 10.4 Å². The van der Waals surface area contributed by atoms with E-state index in [2.05, 4.69) is 23.3 Å². The van der Waals surface area contributed by atoms with E-state index in [4.69, 9.17) is 0 Å². The van der Waals surface area contributed by atoms with Crippen molar-refractivity contribution in [3.8, 4) is 0 Å². The summed E-state index contributed by atoms with van der Waals surface area (Å²) in [5.74, 6) is 0. The van der Waals surface area contributed by atoms with Crippen LogP contribution in [-0.2, 0) is 14.6 Å². The van der Waals surface area contributed by atoms with Gasteiger partial charge in [0.05, 0.1) is 0 Å². The van der Waals surface area contributed by atoms with Gasteiger partial charge in [-0.2, -0.15) is 0 Å². The molecule has 30 heavy (non-hydrogen) atoms. The summed E-state index contributed by atoms with van der Waals surface area (Å²) in [4.78, 5) is 0. The zero-order chi connectivity index (χ0) is 21.5. The van der Waals surface area contributed by atoms with Crippen LogP contribution in [0.2, 0.25) is 0 Å². The average Bonchev–Trinajstić information content (AvgIpc) is 2.67. The van der Waals surface area contributed by atoms with Crippen molar-refractivity contribution in [3.05, 3.63) is 122 Å². The maximum atomic E-state index is 10.1. The minimum atomic E-state index is -4.68. The Morgan fingerprint density at radius 1 is 0.633 bits per heavy atom. The second-order valence-electron chi connectivity index (χ2n) is 5.48. The molecule has 0 amide bonds. The van der Waals surface area contributed by atoms with E-state index in [1.54, 1.807) is 18.2 Å². The number of hydrogen-bond acceptors (Lipinski definition) is 4. The van der Waals surface area contributed by atoms with Crippen molar-refractivity contribution in [1.29, 1.82) is 0 Å². The fourth-order valence-electron chi connectivity index (χ4n) is 1.67. The standard InChI is InChI=1S/C24H30O4S.Na/c1-2-3-4-5-6-7-8-9-10-11-12-13-14-15-16-17-18-19-20-21-22-23-24-28-29(25,26)27;/h5-24H,2-4H2,1H3,(H,25,26,27);/q;+1/p-1. The molecule has 0 saturated carbocycles. The van der Waals surface area contributed by atoms with E-state index >= 15 is 0 Å². The molecular formula is C24H29NaO4S. The quantitative estimate of drug-likeness (QED) is 0.105. The van der Waals surface area contributed by atoms with Crippen LogP contribution in [0.3, 0.4) is 0 Å². The van der Waals surface area contributed by atoms with Gasteiger partial charge < -0.3 is 8.74 Å². The van der Waals surface area contributed by atoms with E-state index in [-0.39, 0.29) is 29.6 Å². The summed E-state index contributed by atoms with van der Waals surface area (Å²) in [5.41, 5.74) is 0. The van der Waals surface area contributed by atoms with Gasteiger partial charge in [0.2, 0.25) is 0 Å². The third-order valence-corrected chi connectivity index (χ3v) is 3.35. The summed E-state index contributed by atoms with van der Waals surface area (Å²) in [5, 5.41) is 0. The molecule has 0 saturated heterocycles. The van der Waals surface area contributed by atoms with Crippen molar-refractivity contribution in [2.45, 2.75) is 26.2 Å².